The van der Waals surface area contributed by atoms with Crippen molar-refractivity contribution in [1.82, 2.24) is 10.3 Å². The lowest BCUT2D eigenvalue weighted by Gasteiger charge is -2.21. The number of rotatable bonds is 3. The lowest BCUT2D eigenvalue weighted by molar-refractivity contribution is -0.120. The monoisotopic (exact) mass is 494 g/mol. The summed E-state index contributed by atoms with van der Waals surface area (Å²) in [5.74, 6) is -0.757. The summed E-state index contributed by atoms with van der Waals surface area (Å²) in [6.07, 6.45) is 1.13. The number of hydrogen-bond donors (Lipinski definition) is 1. The third kappa shape index (κ3) is 3.48. The van der Waals surface area contributed by atoms with Crippen LogP contribution < -0.4 is 10.2 Å². The average Bonchev–Trinajstić information content (AvgIpc) is 3.28. The van der Waals surface area contributed by atoms with E-state index >= 15 is 0 Å². The average molecular weight is 495 g/mol. The highest BCUT2D eigenvalue weighted by molar-refractivity contribution is 6.38. The number of para-hydroxylation sites is 1. The van der Waals surface area contributed by atoms with E-state index in [2.05, 4.69) is 10.3 Å². The van der Waals surface area contributed by atoms with Gasteiger partial charge in [-0.25, -0.2) is 4.99 Å². The third-order valence-electron chi connectivity index (χ3n) is 6.93. The first-order valence-corrected chi connectivity index (χ1v) is 12.2. The van der Waals surface area contributed by atoms with Gasteiger partial charge in [0.05, 0.1) is 27.5 Å². The van der Waals surface area contributed by atoms with Crippen LogP contribution >= 0.6 is 11.6 Å². The largest absolute Gasteiger partial charge is 0.322 e. The summed E-state index contributed by atoms with van der Waals surface area (Å²) in [5, 5.41) is 3.90. The van der Waals surface area contributed by atoms with Crippen LogP contribution in [0.1, 0.15) is 38.2 Å². The highest BCUT2D eigenvalue weighted by Crippen LogP contribution is 2.36. The van der Waals surface area contributed by atoms with Gasteiger partial charge < -0.3 is 10.2 Å². The Labute approximate surface area is 213 Å². The molecule has 0 saturated heterocycles. The zero-order valence-electron chi connectivity index (χ0n) is 19.9. The first-order chi connectivity index (χ1) is 17.4. The Morgan fingerprint density at radius 2 is 1.81 bits per heavy atom. The smallest absolute Gasteiger partial charge is 0.272 e. The molecule has 0 aliphatic carbocycles. The molecule has 2 amide bonds. The number of amides is 2. The summed E-state index contributed by atoms with van der Waals surface area (Å²) in [7, 11) is 0. The van der Waals surface area contributed by atoms with Crippen LogP contribution in [0.4, 0.5) is 5.69 Å². The van der Waals surface area contributed by atoms with Crippen LogP contribution in [0, 0.1) is 13.8 Å². The second kappa shape index (κ2) is 8.57. The standard InChI is InChI=1S/C29H23ClN4O2/c1-16-11-12-17(2)24-22(16)23(30)21(15-31-24)28(35)33-27-29(36)34-14-13-19-9-6-10-20(26(19)34)25(32-27)18-7-4-3-5-8-18/h3-12,15,27H,13-14H2,1-2H3,(H,33,35)/t27-/m0/s1. The van der Waals surface area contributed by atoms with Gasteiger partial charge in [-0.05, 0) is 37.0 Å². The molecule has 6 rings (SSSR count). The molecule has 3 heterocycles. The van der Waals surface area contributed by atoms with E-state index in [0.29, 0.717) is 17.3 Å². The molecule has 0 saturated carbocycles. The number of halogens is 1. The van der Waals surface area contributed by atoms with Gasteiger partial charge in [-0.15, -0.1) is 0 Å². The lowest BCUT2D eigenvalue weighted by atomic mass is 9.98. The minimum absolute atomic E-state index is 0.214. The van der Waals surface area contributed by atoms with Gasteiger partial charge in [-0.1, -0.05) is 72.3 Å². The summed E-state index contributed by atoms with van der Waals surface area (Å²) in [4.78, 5) is 38.2. The summed E-state index contributed by atoms with van der Waals surface area (Å²) >= 11 is 6.73. The Morgan fingerprint density at radius 3 is 2.61 bits per heavy atom. The van der Waals surface area contributed by atoms with E-state index in [1.807, 2.05) is 74.5 Å². The molecule has 0 bridgehead atoms. The lowest BCUT2D eigenvalue weighted by Crippen LogP contribution is -2.47. The maximum absolute atomic E-state index is 13.7. The van der Waals surface area contributed by atoms with E-state index in [1.54, 1.807) is 4.90 Å². The fraction of sp³-hybridized carbons (Fsp3) is 0.172. The van der Waals surface area contributed by atoms with E-state index in [0.717, 1.165) is 50.8 Å². The van der Waals surface area contributed by atoms with Crippen molar-refractivity contribution >= 4 is 45.7 Å². The van der Waals surface area contributed by atoms with Crippen LogP contribution in [0.3, 0.4) is 0 Å². The number of carbonyl (C=O) groups is 2. The molecular formula is C29H23ClN4O2. The quantitative estimate of drug-likeness (QED) is 0.435. The zero-order valence-corrected chi connectivity index (χ0v) is 20.6. The summed E-state index contributed by atoms with van der Waals surface area (Å²) < 4.78 is 0. The van der Waals surface area contributed by atoms with Crippen molar-refractivity contribution < 1.29 is 9.59 Å². The minimum atomic E-state index is -1.10. The number of aryl methyl sites for hydroxylation is 2. The molecule has 0 fully saturated rings. The van der Waals surface area contributed by atoms with Crippen LogP contribution in [0.2, 0.25) is 5.02 Å². The van der Waals surface area contributed by atoms with Gasteiger partial charge in [0.2, 0.25) is 6.17 Å². The normalized spacial score (nSPS) is 16.5. The van der Waals surface area contributed by atoms with Gasteiger partial charge in [-0.3, -0.25) is 14.6 Å². The molecule has 1 atom stereocenters. The van der Waals surface area contributed by atoms with Gasteiger partial charge in [0.1, 0.15) is 0 Å². The highest BCUT2D eigenvalue weighted by Gasteiger charge is 2.37. The number of carbonyl (C=O) groups excluding carboxylic acids is 2. The number of aliphatic imine (C=N–C) groups is 1. The van der Waals surface area contributed by atoms with Crippen LogP contribution in [-0.2, 0) is 11.2 Å². The highest BCUT2D eigenvalue weighted by atomic mass is 35.5. The van der Waals surface area contributed by atoms with Gasteiger partial charge in [0.15, 0.2) is 0 Å². The molecule has 2 aliphatic heterocycles. The van der Waals surface area contributed by atoms with E-state index in [4.69, 9.17) is 16.6 Å². The third-order valence-corrected chi connectivity index (χ3v) is 7.33. The molecule has 0 radical (unpaired) electrons. The van der Waals surface area contributed by atoms with Crippen molar-refractivity contribution in [1.29, 1.82) is 0 Å². The molecule has 7 heteroatoms. The molecule has 178 valence electrons. The van der Waals surface area contributed by atoms with E-state index in [9.17, 15) is 9.59 Å². The molecule has 4 aromatic rings. The Bertz CT molecular complexity index is 1600. The maximum atomic E-state index is 13.7. The van der Waals surface area contributed by atoms with Crippen molar-refractivity contribution in [3.8, 4) is 0 Å². The molecule has 1 N–H and O–H groups in total. The molecule has 2 aliphatic rings. The van der Waals surface area contributed by atoms with Crippen LogP contribution in [-0.4, -0.2) is 35.2 Å². The topological polar surface area (TPSA) is 74.7 Å². The van der Waals surface area contributed by atoms with Gasteiger partial charge in [0.25, 0.3) is 11.8 Å². The number of aromatic nitrogens is 1. The first-order valence-electron chi connectivity index (χ1n) is 11.9. The summed E-state index contributed by atoms with van der Waals surface area (Å²) in [6, 6.07) is 19.7. The Hall–Kier alpha value is -4.03. The number of benzene rings is 3. The van der Waals surface area contributed by atoms with Crippen molar-refractivity contribution in [2.24, 2.45) is 4.99 Å². The van der Waals surface area contributed by atoms with Crippen molar-refractivity contribution in [2.75, 3.05) is 11.4 Å². The zero-order chi connectivity index (χ0) is 25.0. The molecule has 0 spiro atoms. The van der Waals surface area contributed by atoms with E-state index in [1.165, 1.54) is 6.20 Å². The van der Waals surface area contributed by atoms with Gasteiger partial charge >= 0.3 is 0 Å². The molecule has 3 aromatic carbocycles. The Balaban J connectivity index is 1.44. The second-order valence-electron chi connectivity index (χ2n) is 9.18. The second-order valence-corrected chi connectivity index (χ2v) is 9.56. The first kappa shape index (κ1) is 22.4. The van der Waals surface area contributed by atoms with Crippen LogP contribution in [0.15, 0.2) is 71.9 Å². The van der Waals surface area contributed by atoms with Gasteiger partial charge in [-0.2, -0.15) is 0 Å². The molecule has 36 heavy (non-hydrogen) atoms. The Morgan fingerprint density at radius 1 is 1.03 bits per heavy atom. The number of nitrogens with zero attached hydrogens (tertiary/aromatic N) is 3. The predicted octanol–water partition coefficient (Wildman–Crippen LogP) is 5.00. The maximum Gasteiger partial charge on any atom is 0.272 e. The van der Waals surface area contributed by atoms with Crippen molar-refractivity contribution in [2.45, 2.75) is 26.4 Å². The predicted molar refractivity (Wildman–Crippen MR) is 142 cm³/mol. The number of anilines is 1. The summed E-state index contributed by atoms with van der Waals surface area (Å²) in [5.41, 5.74) is 7.28. The molecule has 1 aromatic heterocycles. The SMILES string of the molecule is Cc1ccc(C)c2c(Cl)c(C(=O)N[C@@H]3N=C(c4ccccc4)c4cccc5c4N(CC5)C3=O)cnc12. The minimum Gasteiger partial charge on any atom is -0.322 e. The number of nitrogens with one attached hydrogen (secondary N) is 1. The van der Waals surface area contributed by atoms with E-state index < -0.39 is 12.1 Å². The van der Waals surface area contributed by atoms with Gasteiger partial charge in [0, 0.05) is 29.3 Å². The van der Waals surface area contributed by atoms with Crippen molar-refractivity contribution in [3.63, 3.8) is 0 Å². The van der Waals surface area contributed by atoms with E-state index in [-0.39, 0.29) is 11.5 Å². The molecular weight excluding hydrogens is 472 g/mol. The number of pyridine rings is 1. The number of hydrogen-bond acceptors (Lipinski definition) is 4. The molecule has 6 nitrogen and oxygen atoms in total. The van der Waals surface area contributed by atoms with Crippen LogP contribution in [0.25, 0.3) is 10.9 Å². The molecule has 0 unspecified atom stereocenters. The summed E-state index contributed by atoms with van der Waals surface area (Å²) in [6.45, 7) is 4.44. The van der Waals surface area contributed by atoms with Crippen molar-refractivity contribution in [3.05, 3.63) is 105 Å². The number of fused-ring (bicyclic) bond motifs is 1. The fourth-order valence-electron chi connectivity index (χ4n) is 5.11. The van der Waals surface area contributed by atoms with Crippen LogP contribution in [0.5, 0.6) is 0 Å². The fourth-order valence-corrected chi connectivity index (χ4v) is 5.48. The Kier molecular flexibility index (Phi) is 5.34.